The molecule has 0 aliphatic carbocycles. The summed E-state index contributed by atoms with van der Waals surface area (Å²) < 4.78 is 0. The standard InChI is InChI=1S/C5H8N2O2S/c6-4(8)7-2-1-3-10-5(7)9/h1-3H2,(H2,6,8). The molecule has 0 radical (unpaired) electrons. The minimum absolute atomic E-state index is 0.223. The van der Waals surface area contributed by atoms with Crippen molar-refractivity contribution in [2.24, 2.45) is 5.73 Å². The van der Waals surface area contributed by atoms with Gasteiger partial charge >= 0.3 is 6.03 Å². The fourth-order valence-corrected chi connectivity index (χ4v) is 1.54. The van der Waals surface area contributed by atoms with Gasteiger partial charge in [0.05, 0.1) is 0 Å². The molecule has 0 saturated carbocycles. The van der Waals surface area contributed by atoms with Gasteiger partial charge in [0.15, 0.2) is 0 Å². The topological polar surface area (TPSA) is 63.4 Å². The first-order valence-corrected chi connectivity index (χ1v) is 3.94. The molecule has 3 amide bonds. The van der Waals surface area contributed by atoms with E-state index in [1.165, 1.54) is 0 Å². The van der Waals surface area contributed by atoms with Gasteiger partial charge in [-0.25, -0.2) is 4.79 Å². The molecule has 0 atom stereocenters. The number of hydrogen-bond donors (Lipinski definition) is 1. The van der Waals surface area contributed by atoms with Gasteiger partial charge in [0.2, 0.25) is 0 Å². The Labute approximate surface area is 62.7 Å². The van der Waals surface area contributed by atoms with Crippen molar-refractivity contribution in [3.8, 4) is 0 Å². The summed E-state index contributed by atoms with van der Waals surface area (Å²) in [5.74, 6) is 0.794. The average molecular weight is 160 g/mol. The summed E-state index contributed by atoms with van der Waals surface area (Å²) in [5, 5.41) is -0.223. The summed E-state index contributed by atoms with van der Waals surface area (Å²) in [4.78, 5) is 22.4. The molecule has 10 heavy (non-hydrogen) atoms. The fraction of sp³-hybridized carbons (Fsp3) is 0.600. The predicted molar refractivity (Wildman–Crippen MR) is 38.8 cm³/mol. The van der Waals surface area contributed by atoms with Crippen molar-refractivity contribution in [1.82, 2.24) is 4.90 Å². The Kier molecular flexibility index (Phi) is 2.16. The first-order chi connectivity index (χ1) is 4.72. The second-order valence-electron chi connectivity index (χ2n) is 1.96. The summed E-state index contributed by atoms with van der Waals surface area (Å²) in [7, 11) is 0. The molecule has 0 unspecified atom stereocenters. The molecule has 5 heteroatoms. The van der Waals surface area contributed by atoms with E-state index in [4.69, 9.17) is 5.73 Å². The predicted octanol–water partition coefficient (Wildman–Crippen LogP) is 0.624. The molecule has 0 aromatic carbocycles. The lowest BCUT2D eigenvalue weighted by molar-refractivity contribution is 0.205. The molecule has 1 fully saturated rings. The maximum Gasteiger partial charge on any atom is 0.322 e. The molecule has 1 saturated heterocycles. The van der Waals surface area contributed by atoms with Gasteiger partial charge in [-0.05, 0) is 6.42 Å². The third-order valence-corrected chi connectivity index (χ3v) is 2.20. The highest BCUT2D eigenvalue weighted by atomic mass is 32.2. The van der Waals surface area contributed by atoms with Crippen molar-refractivity contribution >= 4 is 23.0 Å². The minimum Gasteiger partial charge on any atom is -0.351 e. The molecule has 0 aromatic rings. The molecule has 0 bridgehead atoms. The highest BCUT2D eigenvalue weighted by Crippen LogP contribution is 2.16. The number of imide groups is 1. The Hall–Kier alpha value is -0.710. The Morgan fingerprint density at radius 1 is 1.70 bits per heavy atom. The molecule has 4 nitrogen and oxygen atoms in total. The van der Waals surface area contributed by atoms with E-state index in [1.54, 1.807) is 0 Å². The highest BCUT2D eigenvalue weighted by molar-refractivity contribution is 8.13. The zero-order valence-corrected chi connectivity index (χ0v) is 6.19. The van der Waals surface area contributed by atoms with Crippen molar-refractivity contribution in [1.29, 1.82) is 0 Å². The van der Waals surface area contributed by atoms with Crippen molar-refractivity contribution < 1.29 is 9.59 Å². The summed E-state index contributed by atoms with van der Waals surface area (Å²) in [5.41, 5.74) is 4.91. The van der Waals surface area contributed by atoms with Crippen molar-refractivity contribution in [2.75, 3.05) is 12.3 Å². The molecule has 1 heterocycles. The Balaban J connectivity index is 2.56. The van der Waals surface area contributed by atoms with E-state index >= 15 is 0 Å². The molecule has 1 rings (SSSR count). The van der Waals surface area contributed by atoms with E-state index in [2.05, 4.69) is 0 Å². The smallest absolute Gasteiger partial charge is 0.322 e. The number of rotatable bonds is 0. The largest absolute Gasteiger partial charge is 0.351 e. The maximum atomic E-state index is 10.8. The van der Waals surface area contributed by atoms with Crippen LogP contribution in [0.5, 0.6) is 0 Å². The van der Waals surface area contributed by atoms with Crippen LogP contribution in [-0.4, -0.2) is 28.5 Å². The lowest BCUT2D eigenvalue weighted by atomic mass is 10.4. The van der Waals surface area contributed by atoms with Crippen molar-refractivity contribution in [3.63, 3.8) is 0 Å². The Morgan fingerprint density at radius 3 is 2.80 bits per heavy atom. The number of carbonyl (C=O) groups is 2. The Morgan fingerprint density at radius 2 is 2.40 bits per heavy atom. The van der Waals surface area contributed by atoms with Crippen LogP contribution in [0.2, 0.25) is 0 Å². The molecule has 0 aromatic heterocycles. The number of amides is 3. The lowest BCUT2D eigenvalue weighted by Gasteiger charge is -2.21. The van der Waals surface area contributed by atoms with Gasteiger partial charge in [0, 0.05) is 12.3 Å². The van der Waals surface area contributed by atoms with Crippen LogP contribution in [0.4, 0.5) is 9.59 Å². The summed E-state index contributed by atoms with van der Waals surface area (Å²) in [6.45, 7) is 0.473. The number of nitrogens with two attached hydrogens (primary N) is 1. The molecule has 56 valence electrons. The quantitative estimate of drug-likeness (QED) is 0.565. The van der Waals surface area contributed by atoms with E-state index < -0.39 is 6.03 Å². The van der Waals surface area contributed by atoms with Crippen LogP contribution in [0.15, 0.2) is 0 Å². The highest BCUT2D eigenvalue weighted by Gasteiger charge is 2.22. The van der Waals surface area contributed by atoms with Crippen molar-refractivity contribution in [2.45, 2.75) is 6.42 Å². The van der Waals surface area contributed by atoms with Gasteiger partial charge in [-0.2, -0.15) is 0 Å². The molecular formula is C5H8N2O2S. The first kappa shape index (κ1) is 7.40. The van der Waals surface area contributed by atoms with Crippen LogP contribution in [0.25, 0.3) is 0 Å². The van der Waals surface area contributed by atoms with E-state index in [1.807, 2.05) is 0 Å². The van der Waals surface area contributed by atoms with Crippen LogP contribution >= 0.6 is 11.8 Å². The van der Waals surface area contributed by atoms with Gasteiger partial charge in [-0.1, -0.05) is 11.8 Å². The summed E-state index contributed by atoms with van der Waals surface area (Å²) >= 11 is 1.14. The third kappa shape index (κ3) is 1.41. The summed E-state index contributed by atoms with van der Waals surface area (Å²) in [6.07, 6.45) is 0.847. The average Bonchev–Trinajstić information content (AvgIpc) is 1.88. The van der Waals surface area contributed by atoms with E-state index in [0.29, 0.717) is 6.54 Å². The fourth-order valence-electron chi connectivity index (χ4n) is 0.752. The van der Waals surface area contributed by atoms with E-state index in [9.17, 15) is 9.59 Å². The van der Waals surface area contributed by atoms with E-state index in [0.717, 1.165) is 28.8 Å². The van der Waals surface area contributed by atoms with Crippen LogP contribution < -0.4 is 5.73 Å². The number of hydrogen-bond acceptors (Lipinski definition) is 3. The second-order valence-corrected chi connectivity index (χ2v) is 3.00. The summed E-state index contributed by atoms with van der Waals surface area (Å²) in [6, 6.07) is -0.641. The number of urea groups is 1. The van der Waals surface area contributed by atoms with Crippen molar-refractivity contribution in [3.05, 3.63) is 0 Å². The lowest BCUT2D eigenvalue weighted by Crippen LogP contribution is -2.41. The van der Waals surface area contributed by atoms with Crippen LogP contribution in [-0.2, 0) is 0 Å². The van der Waals surface area contributed by atoms with Gasteiger partial charge < -0.3 is 5.73 Å². The van der Waals surface area contributed by atoms with Gasteiger partial charge in [0.25, 0.3) is 5.24 Å². The van der Waals surface area contributed by atoms with Crippen LogP contribution in [0.1, 0.15) is 6.42 Å². The number of primary amides is 1. The zero-order valence-electron chi connectivity index (χ0n) is 5.37. The number of carbonyl (C=O) groups excluding carboxylic acids is 2. The normalized spacial score (nSPS) is 19.2. The first-order valence-electron chi connectivity index (χ1n) is 2.95. The SMILES string of the molecule is NC(=O)N1CCCSC1=O. The van der Waals surface area contributed by atoms with Gasteiger partial charge in [-0.15, -0.1) is 0 Å². The van der Waals surface area contributed by atoms with Gasteiger partial charge in [0.1, 0.15) is 0 Å². The molecule has 0 spiro atoms. The Bertz CT molecular complexity index is 171. The molecular weight excluding hydrogens is 152 g/mol. The molecule has 1 aliphatic rings. The van der Waals surface area contributed by atoms with Crippen LogP contribution in [0, 0.1) is 0 Å². The second kappa shape index (κ2) is 2.92. The zero-order chi connectivity index (χ0) is 7.56. The third-order valence-electron chi connectivity index (χ3n) is 1.24. The number of thioether (sulfide) groups is 1. The van der Waals surface area contributed by atoms with Crippen LogP contribution in [0.3, 0.4) is 0 Å². The number of nitrogens with zero attached hydrogens (tertiary/aromatic N) is 1. The maximum absolute atomic E-state index is 10.8. The van der Waals surface area contributed by atoms with E-state index in [-0.39, 0.29) is 5.24 Å². The monoisotopic (exact) mass is 160 g/mol. The molecule has 2 N–H and O–H groups in total. The van der Waals surface area contributed by atoms with Gasteiger partial charge in [-0.3, -0.25) is 9.69 Å². The minimum atomic E-state index is -0.641. The molecule has 1 aliphatic heterocycles.